The number of likely N-dealkylation sites (N-methyl/N-ethyl adjacent to an activating group) is 1. The molecule has 1 saturated heterocycles. The van der Waals surface area contributed by atoms with Crippen LogP contribution in [0.4, 0.5) is 0 Å². The Morgan fingerprint density at radius 3 is 2.64 bits per heavy atom. The molecule has 0 atom stereocenters. The molecule has 3 rings (SSSR count). The molecule has 0 radical (unpaired) electrons. The van der Waals surface area contributed by atoms with Crippen LogP contribution in [-0.2, 0) is 11.2 Å². The van der Waals surface area contributed by atoms with Crippen LogP contribution in [0, 0.1) is 6.92 Å². The van der Waals surface area contributed by atoms with Gasteiger partial charge in [-0.15, -0.1) is 0 Å². The summed E-state index contributed by atoms with van der Waals surface area (Å²) in [7, 11) is 0. The second-order valence-electron chi connectivity index (χ2n) is 7.69. The second kappa shape index (κ2) is 9.85. The summed E-state index contributed by atoms with van der Waals surface area (Å²) in [6.45, 7) is 11.6. The summed E-state index contributed by atoms with van der Waals surface area (Å²) in [6, 6.07) is 7.90. The molecular formula is C22H32N4O2. The van der Waals surface area contributed by atoms with E-state index in [2.05, 4.69) is 27.0 Å². The molecule has 6 heteroatoms. The van der Waals surface area contributed by atoms with Crippen molar-refractivity contribution in [1.29, 1.82) is 0 Å². The van der Waals surface area contributed by atoms with Crippen LogP contribution in [0.1, 0.15) is 30.9 Å². The Balaban J connectivity index is 1.39. The number of amides is 1. The van der Waals surface area contributed by atoms with Crippen LogP contribution in [0.3, 0.4) is 0 Å². The molecular weight excluding hydrogens is 352 g/mol. The van der Waals surface area contributed by atoms with Crippen molar-refractivity contribution in [3.05, 3.63) is 45.7 Å². The summed E-state index contributed by atoms with van der Waals surface area (Å²) >= 11 is 0. The van der Waals surface area contributed by atoms with E-state index in [1.807, 2.05) is 31.2 Å². The lowest BCUT2D eigenvalue weighted by Gasteiger charge is -2.33. The van der Waals surface area contributed by atoms with E-state index < -0.39 is 0 Å². The van der Waals surface area contributed by atoms with Gasteiger partial charge in [-0.25, -0.2) is 0 Å². The summed E-state index contributed by atoms with van der Waals surface area (Å²) in [5.74, 6) is 0.0132. The third-order valence-corrected chi connectivity index (χ3v) is 5.59. The molecule has 6 nitrogen and oxygen atoms in total. The number of hydrogen-bond acceptors (Lipinski definition) is 4. The Morgan fingerprint density at radius 1 is 1.14 bits per heavy atom. The van der Waals surface area contributed by atoms with Crippen molar-refractivity contribution in [1.82, 2.24) is 20.1 Å². The van der Waals surface area contributed by atoms with E-state index in [4.69, 9.17) is 0 Å². The number of aryl methyl sites for hydroxylation is 2. The fourth-order valence-electron chi connectivity index (χ4n) is 3.74. The lowest BCUT2D eigenvalue weighted by atomic mass is 10.1. The summed E-state index contributed by atoms with van der Waals surface area (Å²) < 4.78 is 0. The molecule has 2 aromatic rings. The first-order chi connectivity index (χ1) is 13.5. The van der Waals surface area contributed by atoms with Gasteiger partial charge in [-0.05, 0) is 55.9 Å². The quantitative estimate of drug-likeness (QED) is 0.683. The van der Waals surface area contributed by atoms with Gasteiger partial charge < -0.3 is 20.1 Å². The Kier molecular flexibility index (Phi) is 7.23. The number of nitrogens with one attached hydrogen (secondary N) is 2. The minimum absolute atomic E-state index is 0.0132. The highest BCUT2D eigenvalue weighted by Gasteiger charge is 2.14. The molecule has 152 valence electrons. The first kappa shape index (κ1) is 20.6. The molecule has 0 unspecified atom stereocenters. The topological polar surface area (TPSA) is 68.4 Å². The zero-order valence-corrected chi connectivity index (χ0v) is 17.1. The number of rotatable bonds is 8. The Labute approximate surface area is 166 Å². The van der Waals surface area contributed by atoms with E-state index in [1.54, 1.807) is 0 Å². The molecule has 0 spiro atoms. The highest BCUT2D eigenvalue weighted by molar-refractivity contribution is 5.80. The van der Waals surface area contributed by atoms with E-state index >= 15 is 0 Å². The maximum absolute atomic E-state index is 12.2. The van der Waals surface area contributed by atoms with Gasteiger partial charge in [0.25, 0.3) is 5.56 Å². The summed E-state index contributed by atoms with van der Waals surface area (Å²) in [6.07, 6.45) is 1.77. The minimum Gasteiger partial charge on any atom is -0.356 e. The molecule has 1 amide bonds. The van der Waals surface area contributed by atoms with Gasteiger partial charge in [0.05, 0.1) is 0 Å². The van der Waals surface area contributed by atoms with Gasteiger partial charge in [-0.3, -0.25) is 9.59 Å². The van der Waals surface area contributed by atoms with Gasteiger partial charge in [0.2, 0.25) is 5.91 Å². The number of hydrogen-bond donors (Lipinski definition) is 2. The molecule has 1 aromatic carbocycles. The third-order valence-electron chi connectivity index (χ3n) is 5.59. The predicted molar refractivity (Wildman–Crippen MR) is 114 cm³/mol. The normalized spacial score (nSPS) is 15.8. The second-order valence-corrected chi connectivity index (χ2v) is 7.69. The summed E-state index contributed by atoms with van der Waals surface area (Å²) in [5.41, 5.74) is 2.53. The molecule has 1 aromatic heterocycles. The Bertz CT molecular complexity index is 853. The van der Waals surface area contributed by atoms with Crippen LogP contribution in [-0.4, -0.2) is 66.5 Å². The third kappa shape index (κ3) is 5.66. The first-order valence-corrected chi connectivity index (χ1v) is 10.4. The van der Waals surface area contributed by atoms with Crippen LogP contribution >= 0.6 is 0 Å². The number of pyridine rings is 1. The van der Waals surface area contributed by atoms with E-state index in [0.717, 1.165) is 62.2 Å². The van der Waals surface area contributed by atoms with Crippen molar-refractivity contribution in [3.8, 4) is 0 Å². The average molecular weight is 385 g/mol. The number of piperazine rings is 1. The van der Waals surface area contributed by atoms with Crippen molar-refractivity contribution in [2.45, 2.75) is 33.1 Å². The zero-order valence-electron chi connectivity index (χ0n) is 17.1. The molecule has 0 saturated carbocycles. The molecule has 28 heavy (non-hydrogen) atoms. The molecule has 0 bridgehead atoms. The Hall–Kier alpha value is -2.18. The number of benzene rings is 1. The van der Waals surface area contributed by atoms with Crippen molar-refractivity contribution >= 4 is 16.8 Å². The molecule has 2 N–H and O–H groups in total. The maximum atomic E-state index is 12.2. The molecule has 2 heterocycles. The van der Waals surface area contributed by atoms with Crippen molar-refractivity contribution < 1.29 is 4.79 Å². The number of H-pyrrole nitrogens is 1. The first-order valence-electron chi connectivity index (χ1n) is 10.4. The SMILES string of the molecule is CCN1CCN(CCCNC(=O)CCc2cc3ccc(C)cc3[nH]c2=O)CC1. The van der Waals surface area contributed by atoms with Gasteiger partial charge in [-0.2, -0.15) is 0 Å². The molecule has 1 aliphatic heterocycles. The number of carbonyl (C=O) groups excluding carboxylic acids is 1. The fraction of sp³-hybridized carbons (Fsp3) is 0.545. The van der Waals surface area contributed by atoms with Gasteiger partial charge in [-0.1, -0.05) is 19.1 Å². The zero-order chi connectivity index (χ0) is 19.9. The highest BCUT2D eigenvalue weighted by atomic mass is 16.1. The lowest BCUT2D eigenvalue weighted by molar-refractivity contribution is -0.121. The van der Waals surface area contributed by atoms with Gasteiger partial charge in [0.15, 0.2) is 0 Å². The monoisotopic (exact) mass is 384 g/mol. The number of aromatic amines is 1. The number of carbonyl (C=O) groups is 1. The standard InChI is InChI=1S/C22H32N4O2/c1-3-25-11-13-26(14-12-25)10-4-9-23-21(27)8-7-19-16-18-6-5-17(2)15-20(18)24-22(19)28/h5-6,15-16H,3-4,7-14H2,1-2H3,(H,23,27)(H,24,28). The van der Waals surface area contributed by atoms with Crippen molar-refractivity contribution in [2.24, 2.45) is 0 Å². The van der Waals surface area contributed by atoms with Crippen LogP contribution in [0.2, 0.25) is 0 Å². The largest absolute Gasteiger partial charge is 0.356 e. The van der Waals surface area contributed by atoms with Crippen LogP contribution in [0.25, 0.3) is 10.9 Å². The van der Waals surface area contributed by atoms with Crippen molar-refractivity contribution in [3.63, 3.8) is 0 Å². The summed E-state index contributed by atoms with van der Waals surface area (Å²) in [4.78, 5) is 32.2. The number of fused-ring (bicyclic) bond motifs is 1. The van der Waals surface area contributed by atoms with E-state index in [1.165, 1.54) is 0 Å². The van der Waals surface area contributed by atoms with Gasteiger partial charge in [0, 0.05) is 50.2 Å². The van der Waals surface area contributed by atoms with Crippen molar-refractivity contribution in [2.75, 3.05) is 45.8 Å². The Morgan fingerprint density at radius 2 is 1.89 bits per heavy atom. The van der Waals surface area contributed by atoms with E-state index in [-0.39, 0.29) is 11.5 Å². The molecule has 1 aliphatic rings. The highest BCUT2D eigenvalue weighted by Crippen LogP contribution is 2.13. The van der Waals surface area contributed by atoms with E-state index in [0.29, 0.717) is 24.9 Å². The molecule has 0 aliphatic carbocycles. The predicted octanol–water partition coefficient (Wildman–Crippen LogP) is 1.91. The van der Waals surface area contributed by atoms with Crippen LogP contribution in [0.15, 0.2) is 29.1 Å². The molecule has 1 fully saturated rings. The number of aromatic nitrogens is 1. The van der Waals surface area contributed by atoms with Gasteiger partial charge >= 0.3 is 0 Å². The van der Waals surface area contributed by atoms with E-state index in [9.17, 15) is 9.59 Å². The minimum atomic E-state index is -0.0999. The van der Waals surface area contributed by atoms with Crippen LogP contribution in [0.5, 0.6) is 0 Å². The average Bonchev–Trinajstić information content (AvgIpc) is 2.70. The fourth-order valence-corrected chi connectivity index (χ4v) is 3.74. The lowest BCUT2D eigenvalue weighted by Crippen LogP contribution is -2.46. The smallest absolute Gasteiger partial charge is 0.251 e. The van der Waals surface area contributed by atoms with Gasteiger partial charge in [0.1, 0.15) is 0 Å². The number of nitrogens with zero attached hydrogens (tertiary/aromatic N) is 2. The summed E-state index contributed by atoms with van der Waals surface area (Å²) in [5, 5.41) is 3.99. The maximum Gasteiger partial charge on any atom is 0.251 e. The van der Waals surface area contributed by atoms with Crippen LogP contribution < -0.4 is 10.9 Å².